The summed E-state index contributed by atoms with van der Waals surface area (Å²) in [5.74, 6) is -1.07. The minimum Gasteiger partial charge on any atom is -0.437 e. The van der Waals surface area contributed by atoms with Gasteiger partial charge in [-0.05, 0) is 42.8 Å². The monoisotopic (exact) mass is 518 g/mol. The molecule has 1 amide bonds. The highest BCUT2D eigenvalue weighted by Gasteiger charge is 2.30. The van der Waals surface area contributed by atoms with Crippen LogP contribution in [0.3, 0.4) is 0 Å². The summed E-state index contributed by atoms with van der Waals surface area (Å²) in [6.07, 6.45) is 2.79. The minimum absolute atomic E-state index is 0.0423. The van der Waals surface area contributed by atoms with Gasteiger partial charge in [-0.15, -0.1) is 0 Å². The molecule has 3 heterocycles. The van der Waals surface area contributed by atoms with Crippen LogP contribution in [0.15, 0.2) is 53.0 Å². The molecule has 0 spiro atoms. The second-order valence-corrected chi connectivity index (χ2v) is 10.6. The SMILES string of the molecule is N#C/C(=C\c1c(Oc2ccc(Cl)cc2Cl)nc2ccccn2c1=O)C(=O)N[C@@H]1CCS(=O)(=O)C1. The van der Waals surface area contributed by atoms with E-state index in [1.807, 2.05) is 0 Å². The fourth-order valence-corrected chi connectivity index (χ4v) is 5.53. The number of amides is 1. The van der Waals surface area contributed by atoms with E-state index >= 15 is 0 Å². The zero-order valence-electron chi connectivity index (χ0n) is 17.4. The number of sulfone groups is 1. The third-order valence-corrected chi connectivity index (χ3v) is 7.35. The first-order valence-electron chi connectivity index (χ1n) is 9.94. The number of hydrogen-bond donors (Lipinski definition) is 1. The maximum atomic E-state index is 13.2. The lowest BCUT2D eigenvalue weighted by molar-refractivity contribution is -0.117. The van der Waals surface area contributed by atoms with Crippen LogP contribution in [0.25, 0.3) is 11.7 Å². The van der Waals surface area contributed by atoms with E-state index in [9.17, 15) is 23.3 Å². The Balaban J connectivity index is 1.77. The molecule has 1 N–H and O–H groups in total. The molecular formula is C22H16Cl2N4O5S. The van der Waals surface area contributed by atoms with E-state index in [1.54, 1.807) is 24.3 Å². The molecule has 1 aromatic carbocycles. The van der Waals surface area contributed by atoms with Gasteiger partial charge in [0.1, 0.15) is 28.6 Å². The van der Waals surface area contributed by atoms with Crippen LogP contribution in [0.5, 0.6) is 11.6 Å². The van der Waals surface area contributed by atoms with Gasteiger partial charge in [-0.3, -0.25) is 14.0 Å². The van der Waals surface area contributed by atoms with Crippen molar-refractivity contribution >= 4 is 50.7 Å². The molecule has 3 aromatic rings. The maximum absolute atomic E-state index is 13.2. The number of rotatable bonds is 5. The van der Waals surface area contributed by atoms with Crippen molar-refractivity contribution in [3.8, 4) is 17.7 Å². The van der Waals surface area contributed by atoms with Crippen LogP contribution in [0, 0.1) is 11.3 Å². The first kappa shape index (κ1) is 23.8. The molecule has 4 rings (SSSR count). The molecule has 0 saturated carbocycles. The largest absolute Gasteiger partial charge is 0.437 e. The number of carbonyl (C=O) groups is 1. The topological polar surface area (TPSA) is 131 Å². The van der Waals surface area contributed by atoms with Gasteiger partial charge in [0.15, 0.2) is 9.84 Å². The van der Waals surface area contributed by atoms with Crippen molar-refractivity contribution in [3.05, 3.63) is 74.1 Å². The van der Waals surface area contributed by atoms with Gasteiger partial charge in [-0.2, -0.15) is 10.2 Å². The zero-order valence-corrected chi connectivity index (χ0v) is 19.7. The van der Waals surface area contributed by atoms with E-state index in [0.717, 1.165) is 6.08 Å². The molecule has 1 aliphatic rings. The first-order chi connectivity index (χ1) is 16.2. The van der Waals surface area contributed by atoms with E-state index < -0.39 is 32.9 Å². The Morgan fingerprint density at radius 1 is 1.29 bits per heavy atom. The predicted octanol–water partition coefficient (Wildman–Crippen LogP) is 3.00. The second-order valence-electron chi connectivity index (χ2n) is 7.48. The summed E-state index contributed by atoms with van der Waals surface area (Å²) in [6, 6.07) is 10.5. The highest BCUT2D eigenvalue weighted by Crippen LogP contribution is 2.32. The Bertz CT molecular complexity index is 1540. The average Bonchev–Trinajstić information content (AvgIpc) is 3.13. The van der Waals surface area contributed by atoms with E-state index in [4.69, 9.17) is 27.9 Å². The Morgan fingerprint density at radius 3 is 2.76 bits per heavy atom. The molecule has 34 heavy (non-hydrogen) atoms. The Labute approximate surface area is 204 Å². The minimum atomic E-state index is -3.23. The van der Waals surface area contributed by atoms with Crippen LogP contribution < -0.4 is 15.6 Å². The highest BCUT2D eigenvalue weighted by atomic mass is 35.5. The predicted molar refractivity (Wildman–Crippen MR) is 127 cm³/mol. The molecule has 1 fully saturated rings. The van der Waals surface area contributed by atoms with Gasteiger partial charge in [-0.1, -0.05) is 29.3 Å². The number of hydrogen-bond acceptors (Lipinski definition) is 7. The van der Waals surface area contributed by atoms with Crippen molar-refractivity contribution in [2.45, 2.75) is 12.5 Å². The number of benzene rings is 1. The zero-order chi connectivity index (χ0) is 24.5. The lowest BCUT2D eigenvalue weighted by Gasteiger charge is -2.12. The van der Waals surface area contributed by atoms with Gasteiger partial charge >= 0.3 is 0 Å². The van der Waals surface area contributed by atoms with Crippen LogP contribution in [-0.4, -0.2) is 41.3 Å². The van der Waals surface area contributed by atoms with Gasteiger partial charge in [0, 0.05) is 17.3 Å². The van der Waals surface area contributed by atoms with Gasteiger partial charge < -0.3 is 10.1 Å². The van der Waals surface area contributed by atoms with Crippen molar-refractivity contribution in [1.29, 1.82) is 5.26 Å². The summed E-state index contributed by atoms with van der Waals surface area (Å²) in [7, 11) is -3.23. The molecule has 12 heteroatoms. The van der Waals surface area contributed by atoms with E-state index in [1.165, 1.54) is 28.8 Å². The molecule has 1 saturated heterocycles. The fourth-order valence-electron chi connectivity index (χ4n) is 3.41. The second kappa shape index (κ2) is 9.46. The van der Waals surface area contributed by atoms with Crippen molar-refractivity contribution in [2.75, 3.05) is 11.5 Å². The van der Waals surface area contributed by atoms with Crippen LogP contribution in [0.1, 0.15) is 12.0 Å². The molecule has 0 bridgehead atoms. The third kappa shape index (κ3) is 5.07. The van der Waals surface area contributed by atoms with Crippen LogP contribution >= 0.6 is 23.2 Å². The maximum Gasteiger partial charge on any atom is 0.269 e. The van der Waals surface area contributed by atoms with Gasteiger partial charge in [0.2, 0.25) is 5.88 Å². The molecule has 0 aliphatic carbocycles. The number of ether oxygens (including phenoxy) is 1. The fraction of sp³-hybridized carbons (Fsp3) is 0.182. The van der Waals surface area contributed by atoms with Crippen molar-refractivity contribution in [1.82, 2.24) is 14.7 Å². The van der Waals surface area contributed by atoms with Crippen LogP contribution in [-0.2, 0) is 14.6 Å². The van der Waals surface area contributed by atoms with Gasteiger partial charge in [0.05, 0.1) is 16.5 Å². The third-order valence-electron chi connectivity index (χ3n) is 5.06. The number of nitriles is 1. The number of carbonyl (C=O) groups excluding carboxylic acids is 1. The summed E-state index contributed by atoms with van der Waals surface area (Å²) in [6.45, 7) is 0. The number of aromatic nitrogens is 2. The lowest BCUT2D eigenvalue weighted by atomic mass is 10.1. The molecule has 174 valence electrons. The molecule has 1 aliphatic heterocycles. The number of pyridine rings is 1. The quantitative estimate of drug-likeness (QED) is 0.405. The molecule has 0 radical (unpaired) electrons. The summed E-state index contributed by atoms with van der Waals surface area (Å²) in [4.78, 5) is 30.2. The van der Waals surface area contributed by atoms with Crippen molar-refractivity contribution in [3.63, 3.8) is 0 Å². The smallest absolute Gasteiger partial charge is 0.269 e. The first-order valence-corrected chi connectivity index (χ1v) is 12.5. The normalized spacial score (nSPS) is 17.3. The van der Waals surface area contributed by atoms with Crippen LogP contribution in [0.2, 0.25) is 10.0 Å². The highest BCUT2D eigenvalue weighted by molar-refractivity contribution is 7.91. The number of fused-ring (bicyclic) bond motifs is 1. The summed E-state index contributed by atoms with van der Waals surface area (Å²) < 4.78 is 30.4. The Kier molecular flexibility index (Phi) is 6.61. The average molecular weight is 519 g/mol. The van der Waals surface area contributed by atoms with E-state index in [2.05, 4.69) is 10.3 Å². The summed E-state index contributed by atoms with van der Waals surface area (Å²) in [5.41, 5.74) is -0.898. The summed E-state index contributed by atoms with van der Waals surface area (Å²) >= 11 is 12.1. The molecule has 9 nitrogen and oxygen atoms in total. The molecular weight excluding hydrogens is 503 g/mol. The van der Waals surface area contributed by atoms with Crippen molar-refractivity contribution in [2.24, 2.45) is 0 Å². The lowest BCUT2D eigenvalue weighted by Crippen LogP contribution is -2.36. The standard InChI is InChI=1S/C22H16Cl2N4O5S/c23-14-4-5-18(17(24)10-14)33-21-16(22(30)28-7-2-1-3-19(28)27-21)9-13(11-25)20(29)26-15-6-8-34(31,32)12-15/h1-5,7,9-10,15H,6,8,12H2,(H,26,29)/b13-9+/t15-/m1/s1. The molecule has 1 atom stereocenters. The number of nitrogens with one attached hydrogen (secondary N) is 1. The van der Waals surface area contributed by atoms with Crippen molar-refractivity contribution < 1.29 is 17.9 Å². The van der Waals surface area contributed by atoms with E-state index in [-0.39, 0.29) is 45.8 Å². The molecule has 2 aromatic heterocycles. The van der Waals surface area contributed by atoms with Gasteiger partial charge in [0.25, 0.3) is 11.5 Å². The Hall–Kier alpha value is -3.39. The number of halogens is 2. The molecule has 0 unspecified atom stereocenters. The Morgan fingerprint density at radius 2 is 2.09 bits per heavy atom. The number of nitrogens with zero attached hydrogens (tertiary/aromatic N) is 3. The summed E-state index contributed by atoms with van der Waals surface area (Å²) in [5, 5.41) is 12.7. The van der Waals surface area contributed by atoms with E-state index in [0.29, 0.717) is 5.02 Å². The van der Waals surface area contributed by atoms with Crippen LogP contribution in [0.4, 0.5) is 0 Å². The van der Waals surface area contributed by atoms with Gasteiger partial charge in [-0.25, -0.2) is 8.42 Å².